The Labute approximate surface area is 210 Å². The van der Waals surface area contributed by atoms with E-state index in [4.69, 9.17) is 9.26 Å². The summed E-state index contributed by atoms with van der Waals surface area (Å²) in [6.45, 7) is 5.72. The van der Waals surface area contributed by atoms with E-state index in [1.54, 1.807) is 6.92 Å². The number of ether oxygens (including phenoxy) is 1. The van der Waals surface area contributed by atoms with Crippen molar-refractivity contribution >= 4 is 23.3 Å². The quantitative estimate of drug-likeness (QED) is 0.262. The van der Waals surface area contributed by atoms with Crippen molar-refractivity contribution in [3.05, 3.63) is 51.5 Å². The van der Waals surface area contributed by atoms with E-state index in [9.17, 15) is 29.4 Å². The first-order valence-corrected chi connectivity index (χ1v) is 11.6. The van der Waals surface area contributed by atoms with Crippen LogP contribution in [0.4, 0.5) is 0 Å². The van der Waals surface area contributed by atoms with Crippen LogP contribution in [0.1, 0.15) is 72.9 Å². The number of benzene rings is 1. The Balaban J connectivity index is 1.48. The molecule has 1 aromatic carbocycles. The maximum absolute atomic E-state index is 13.8. The van der Waals surface area contributed by atoms with Gasteiger partial charge in [-0.05, 0) is 34.1 Å². The molecule has 2 aliphatic heterocycles. The molecule has 0 bridgehead atoms. The highest BCUT2D eigenvalue weighted by Gasteiger charge is 2.56. The molecule has 192 valence electrons. The monoisotopic (exact) mass is 508 g/mol. The van der Waals surface area contributed by atoms with Crippen molar-refractivity contribution in [3.8, 4) is 17.2 Å². The molecule has 1 amide bonds. The number of amides is 1. The highest BCUT2D eigenvalue weighted by Crippen LogP contribution is 2.57. The van der Waals surface area contributed by atoms with Crippen LogP contribution in [-0.2, 0) is 26.3 Å². The molecule has 4 N–H and O–H groups in total. The predicted molar refractivity (Wildman–Crippen MR) is 125 cm³/mol. The second kappa shape index (κ2) is 8.29. The second-order valence-electron chi connectivity index (χ2n) is 9.45. The minimum absolute atomic E-state index is 0.0171. The Morgan fingerprint density at radius 1 is 1.24 bits per heavy atom. The number of rotatable bonds is 5. The van der Waals surface area contributed by atoms with Gasteiger partial charge < -0.3 is 30.1 Å². The Morgan fingerprint density at radius 3 is 2.62 bits per heavy atom. The Kier molecular flexibility index (Phi) is 5.43. The fourth-order valence-corrected chi connectivity index (χ4v) is 4.94. The molecular weight excluding hydrogens is 484 g/mol. The standard InChI is InChI=1S/C25H24N4O8/c1-9-20(33)18(11(3)30)22-19(21(9)34)25(4)14(36-22)7-13(31)17(23(25)35)10(2)26-8-15-28-24(37-29-15)12-5-6-16(32)27-12/h7,12,26,33-34H,5-6,8H2,1-4H3,(H,27,32)/t12?,25-/m0/s1. The van der Waals surface area contributed by atoms with Gasteiger partial charge in [-0.1, -0.05) is 5.16 Å². The number of phenolic OH excluding ortho intramolecular Hbond substituents is 2. The number of allylic oxidation sites excluding steroid dienone is 4. The van der Waals surface area contributed by atoms with Crippen molar-refractivity contribution in [3.63, 3.8) is 0 Å². The smallest absolute Gasteiger partial charge is 0.249 e. The molecule has 5 rings (SSSR count). The van der Waals surface area contributed by atoms with E-state index in [1.807, 2.05) is 0 Å². The fraction of sp³-hybridized carbons (Fsp3) is 0.360. The van der Waals surface area contributed by atoms with Crippen molar-refractivity contribution in [2.24, 2.45) is 0 Å². The number of aromatic hydroxyl groups is 2. The summed E-state index contributed by atoms with van der Waals surface area (Å²) in [6, 6.07) is -0.351. The lowest BCUT2D eigenvalue weighted by Crippen LogP contribution is -2.41. The number of Topliss-reactive ketones (excluding diaryl/α,β-unsaturated/α-hetero) is 2. The number of carbonyl (C=O) groups excluding carboxylic acids is 4. The number of hydrogen-bond donors (Lipinski definition) is 4. The minimum atomic E-state index is -1.60. The first kappa shape index (κ1) is 24.2. The number of nitrogens with one attached hydrogen (secondary N) is 2. The summed E-state index contributed by atoms with van der Waals surface area (Å²) >= 11 is 0. The highest BCUT2D eigenvalue weighted by atomic mass is 16.5. The predicted octanol–water partition coefficient (Wildman–Crippen LogP) is 1.69. The molecule has 1 saturated heterocycles. The normalized spacial score (nSPS) is 23.7. The minimum Gasteiger partial charge on any atom is -0.507 e. The first-order valence-electron chi connectivity index (χ1n) is 11.6. The molecule has 3 heterocycles. The van der Waals surface area contributed by atoms with Gasteiger partial charge in [-0.15, -0.1) is 0 Å². The zero-order chi connectivity index (χ0) is 26.8. The van der Waals surface area contributed by atoms with Crippen molar-refractivity contribution < 1.29 is 38.7 Å². The Hall–Kier alpha value is -4.48. The maximum atomic E-state index is 13.8. The van der Waals surface area contributed by atoms with E-state index in [0.29, 0.717) is 12.8 Å². The molecule has 0 radical (unpaired) electrons. The maximum Gasteiger partial charge on any atom is 0.249 e. The SMILES string of the molecule is CC(=O)c1c(O)c(C)c(O)c2c1OC1=CC(=O)C(=C(C)NCc3noc(C4CCC(=O)N4)n3)C(=O)[C@@]12C. The van der Waals surface area contributed by atoms with Crippen LogP contribution in [0.3, 0.4) is 0 Å². The second-order valence-corrected chi connectivity index (χ2v) is 9.45. The van der Waals surface area contributed by atoms with Gasteiger partial charge in [0.25, 0.3) is 0 Å². The van der Waals surface area contributed by atoms with E-state index < -0.39 is 34.3 Å². The summed E-state index contributed by atoms with van der Waals surface area (Å²) in [5, 5.41) is 30.9. The molecule has 2 atom stereocenters. The van der Waals surface area contributed by atoms with Gasteiger partial charge in [0.1, 0.15) is 40.0 Å². The van der Waals surface area contributed by atoms with Crippen molar-refractivity contribution in [2.45, 2.75) is 58.5 Å². The average Bonchev–Trinajstić information content (AvgIpc) is 3.54. The van der Waals surface area contributed by atoms with E-state index in [1.165, 1.54) is 20.8 Å². The van der Waals surface area contributed by atoms with Crippen molar-refractivity contribution in [2.75, 3.05) is 0 Å². The van der Waals surface area contributed by atoms with Crippen LogP contribution in [0.15, 0.2) is 27.6 Å². The molecule has 1 fully saturated rings. The highest BCUT2D eigenvalue weighted by molar-refractivity contribution is 6.31. The number of fused-ring (bicyclic) bond motifs is 3. The van der Waals surface area contributed by atoms with Crippen LogP contribution in [0.25, 0.3) is 0 Å². The molecule has 1 unspecified atom stereocenters. The third-order valence-corrected chi connectivity index (χ3v) is 7.05. The summed E-state index contributed by atoms with van der Waals surface area (Å²) in [5.41, 5.74) is -1.66. The molecule has 12 heteroatoms. The lowest BCUT2D eigenvalue weighted by atomic mass is 9.70. The summed E-state index contributed by atoms with van der Waals surface area (Å²) in [5.74, 6) is -2.38. The number of hydrogen-bond acceptors (Lipinski definition) is 11. The van der Waals surface area contributed by atoms with Gasteiger partial charge in [-0.3, -0.25) is 19.2 Å². The first-order chi connectivity index (χ1) is 17.4. The number of nitrogens with zero attached hydrogens (tertiary/aromatic N) is 2. The van der Waals surface area contributed by atoms with E-state index in [2.05, 4.69) is 20.8 Å². The zero-order valence-corrected chi connectivity index (χ0v) is 20.5. The molecule has 0 saturated carbocycles. The van der Waals surface area contributed by atoms with Crippen LogP contribution < -0.4 is 15.4 Å². The summed E-state index contributed by atoms with van der Waals surface area (Å²) in [6.07, 6.45) is 2.07. The van der Waals surface area contributed by atoms with Gasteiger partial charge in [0, 0.05) is 23.8 Å². The summed E-state index contributed by atoms with van der Waals surface area (Å²) in [7, 11) is 0. The van der Waals surface area contributed by atoms with Crippen molar-refractivity contribution in [1.82, 2.24) is 20.8 Å². The average molecular weight is 508 g/mol. The molecule has 37 heavy (non-hydrogen) atoms. The summed E-state index contributed by atoms with van der Waals surface area (Å²) in [4.78, 5) is 54.8. The summed E-state index contributed by atoms with van der Waals surface area (Å²) < 4.78 is 11.0. The molecule has 12 nitrogen and oxygen atoms in total. The number of carbonyl (C=O) groups is 4. The van der Waals surface area contributed by atoms with Crippen LogP contribution in [0.5, 0.6) is 17.2 Å². The molecule has 1 aromatic heterocycles. The zero-order valence-electron chi connectivity index (χ0n) is 20.5. The molecule has 0 spiro atoms. The largest absolute Gasteiger partial charge is 0.507 e. The van der Waals surface area contributed by atoms with E-state index in [0.717, 1.165) is 6.08 Å². The van der Waals surface area contributed by atoms with Gasteiger partial charge in [-0.2, -0.15) is 4.98 Å². The Morgan fingerprint density at radius 2 is 1.97 bits per heavy atom. The van der Waals surface area contributed by atoms with Crippen LogP contribution >= 0.6 is 0 Å². The topological polar surface area (TPSA) is 181 Å². The lowest BCUT2D eigenvalue weighted by molar-refractivity contribution is -0.124. The van der Waals surface area contributed by atoms with Crippen LogP contribution in [0, 0.1) is 6.92 Å². The van der Waals surface area contributed by atoms with Gasteiger partial charge in [-0.25, -0.2) is 0 Å². The lowest BCUT2D eigenvalue weighted by Gasteiger charge is -2.29. The van der Waals surface area contributed by atoms with E-state index >= 15 is 0 Å². The molecule has 3 aliphatic rings. The molecule has 1 aliphatic carbocycles. The van der Waals surface area contributed by atoms with Crippen molar-refractivity contribution in [1.29, 1.82) is 0 Å². The van der Waals surface area contributed by atoms with Gasteiger partial charge in [0.2, 0.25) is 11.8 Å². The number of phenols is 2. The van der Waals surface area contributed by atoms with E-state index in [-0.39, 0.29) is 69.7 Å². The molecular formula is C25H24N4O8. The number of aromatic nitrogens is 2. The third-order valence-electron chi connectivity index (χ3n) is 7.05. The molecule has 2 aromatic rings. The fourth-order valence-electron chi connectivity index (χ4n) is 4.94. The Bertz CT molecular complexity index is 1480. The van der Waals surface area contributed by atoms with Crippen LogP contribution in [0.2, 0.25) is 0 Å². The third kappa shape index (κ3) is 3.51. The van der Waals surface area contributed by atoms with Gasteiger partial charge in [0.05, 0.1) is 17.7 Å². The number of ketones is 3. The van der Waals surface area contributed by atoms with Gasteiger partial charge in [0.15, 0.2) is 23.2 Å². The van der Waals surface area contributed by atoms with Gasteiger partial charge >= 0.3 is 0 Å². The van der Waals surface area contributed by atoms with Crippen LogP contribution in [-0.4, -0.2) is 43.6 Å².